The highest BCUT2D eigenvalue weighted by molar-refractivity contribution is 6.07. The summed E-state index contributed by atoms with van der Waals surface area (Å²) in [5.74, 6) is 1.92. The monoisotopic (exact) mass is 779 g/mol. The average molecular weight is 780 g/mol. The maximum atomic E-state index is 6.27. The van der Waals surface area contributed by atoms with Crippen LogP contribution in [0.2, 0.25) is 0 Å². The molecule has 2 aromatic heterocycles. The Balaban J connectivity index is 1.04. The van der Waals surface area contributed by atoms with Crippen LogP contribution in [0, 0.1) is 0 Å². The van der Waals surface area contributed by atoms with Gasteiger partial charge in [-0.1, -0.05) is 188 Å². The zero-order valence-corrected chi connectivity index (χ0v) is 33.1. The standard InChI is InChI=1S/C57H37N3O/c1-5-16-38(17-6-1)47-36-49(54(40-18-7-2-8-19-40)50(37-47)46-32-33-53-51(35-46)48-26-13-14-27-52(48)61-53)45-25-15-24-44(34-45)39-28-30-43(31-29-39)57-59-55(41-20-9-3-10-21-41)58-56(60-57)42-22-11-4-12-23-42/h1-37H. The van der Waals surface area contributed by atoms with E-state index in [1.807, 2.05) is 72.8 Å². The van der Waals surface area contributed by atoms with E-state index < -0.39 is 0 Å². The Labute approximate surface area is 354 Å². The number of hydrogen-bond acceptors (Lipinski definition) is 4. The van der Waals surface area contributed by atoms with Crippen LogP contribution in [-0.4, -0.2) is 15.0 Å². The van der Waals surface area contributed by atoms with Gasteiger partial charge in [-0.2, -0.15) is 0 Å². The van der Waals surface area contributed by atoms with Gasteiger partial charge < -0.3 is 4.42 Å². The lowest BCUT2D eigenvalue weighted by Crippen LogP contribution is -2.00. The molecule has 0 aliphatic carbocycles. The summed E-state index contributed by atoms with van der Waals surface area (Å²) < 4.78 is 6.27. The Morgan fingerprint density at radius 1 is 0.246 bits per heavy atom. The summed E-state index contributed by atoms with van der Waals surface area (Å²) in [7, 11) is 0. The van der Waals surface area contributed by atoms with Gasteiger partial charge in [-0.3, -0.25) is 0 Å². The van der Waals surface area contributed by atoms with Crippen molar-refractivity contribution in [2.75, 3.05) is 0 Å². The number of hydrogen-bond donors (Lipinski definition) is 0. The average Bonchev–Trinajstić information content (AvgIpc) is 3.73. The molecule has 11 rings (SSSR count). The first kappa shape index (κ1) is 35.9. The number of fused-ring (bicyclic) bond motifs is 3. The van der Waals surface area contributed by atoms with Crippen LogP contribution >= 0.6 is 0 Å². The fourth-order valence-electron chi connectivity index (χ4n) is 8.32. The maximum absolute atomic E-state index is 6.27. The topological polar surface area (TPSA) is 51.8 Å². The number of para-hydroxylation sites is 1. The molecule has 0 saturated carbocycles. The molecular weight excluding hydrogens is 743 g/mol. The molecule has 0 N–H and O–H groups in total. The van der Waals surface area contributed by atoms with E-state index in [4.69, 9.17) is 19.4 Å². The normalized spacial score (nSPS) is 11.3. The Morgan fingerprint density at radius 2 is 0.656 bits per heavy atom. The third-order valence-corrected chi connectivity index (χ3v) is 11.3. The van der Waals surface area contributed by atoms with Gasteiger partial charge in [0.05, 0.1) is 0 Å². The molecule has 61 heavy (non-hydrogen) atoms. The maximum Gasteiger partial charge on any atom is 0.164 e. The van der Waals surface area contributed by atoms with E-state index in [-0.39, 0.29) is 0 Å². The zero-order chi connectivity index (χ0) is 40.5. The van der Waals surface area contributed by atoms with Gasteiger partial charge in [-0.15, -0.1) is 0 Å². The minimum absolute atomic E-state index is 0.632. The Morgan fingerprint density at radius 3 is 1.26 bits per heavy atom. The van der Waals surface area contributed by atoms with Crippen molar-refractivity contribution < 1.29 is 4.42 Å². The second-order valence-corrected chi connectivity index (χ2v) is 15.2. The lowest BCUT2D eigenvalue weighted by molar-refractivity contribution is 0.669. The lowest BCUT2D eigenvalue weighted by Gasteiger charge is -2.20. The van der Waals surface area contributed by atoms with Crippen molar-refractivity contribution in [1.29, 1.82) is 0 Å². The van der Waals surface area contributed by atoms with Crippen molar-refractivity contribution in [2.45, 2.75) is 0 Å². The molecule has 11 aromatic rings. The summed E-state index contributed by atoms with van der Waals surface area (Å²) in [6, 6.07) is 78.6. The second kappa shape index (κ2) is 15.5. The molecule has 9 aromatic carbocycles. The van der Waals surface area contributed by atoms with Crippen LogP contribution < -0.4 is 0 Å². The molecule has 0 saturated heterocycles. The fraction of sp³-hybridized carbons (Fsp3) is 0. The van der Waals surface area contributed by atoms with Gasteiger partial charge in [0.1, 0.15) is 11.2 Å². The van der Waals surface area contributed by atoms with Crippen molar-refractivity contribution in [1.82, 2.24) is 15.0 Å². The van der Waals surface area contributed by atoms with Gasteiger partial charge in [0.15, 0.2) is 17.5 Å². The Kier molecular flexibility index (Phi) is 9.14. The van der Waals surface area contributed by atoms with E-state index in [1.165, 1.54) is 5.56 Å². The Bertz CT molecular complexity index is 3270. The van der Waals surface area contributed by atoms with E-state index in [9.17, 15) is 0 Å². The molecular formula is C57H37N3O. The van der Waals surface area contributed by atoms with Crippen molar-refractivity contribution >= 4 is 21.9 Å². The number of aromatic nitrogens is 3. The molecule has 0 aliphatic heterocycles. The summed E-state index contributed by atoms with van der Waals surface area (Å²) >= 11 is 0. The predicted octanol–water partition coefficient (Wildman–Crippen LogP) is 15.1. The molecule has 286 valence electrons. The van der Waals surface area contributed by atoms with E-state index in [1.54, 1.807) is 0 Å². The SMILES string of the molecule is c1ccc(-c2cc(-c3cccc(-c4ccc(-c5nc(-c6ccccc6)nc(-c6ccccc6)n5)cc4)c3)c(-c3ccccc3)c(-c3ccc4oc5ccccc5c4c3)c2)cc1. The summed E-state index contributed by atoms with van der Waals surface area (Å²) in [6.45, 7) is 0. The van der Waals surface area contributed by atoms with Crippen LogP contribution in [0.4, 0.5) is 0 Å². The Hall–Kier alpha value is -8.21. The van der Waals surface area contributed by atoms with Gasteiger partial charge in [-0.05, 0) is 92.0 Å². The summed E-state index contributed by atoms with van der Waals surface area (Å²) in [4.78, 5) is 14.8. The van der Waals surface area contributed by atoms with Crippen LogP contribution in [0.5, 0.6) is 0 Å². The highest BCUT2D eigenvalue weighted by Gasteiger charge is 2.19. The van der Waals surface area contributed by atoms with Crippen molar-refractivity contribution in [3.05, 3.63) is 224 Å². The zero-order valence-electron chi connectivity index (χ0n) is 33.1. The van der Waals surface area contributed by atoms with Gasteiger partial charge >= 0.3 is 0 Å². The van der Waals surface area contributed by atoms with Crippen molar-refractivity contribution in [3.63, 3.8) is 0 Å². The molecule has 0 unspecified atom stereocenters. The van der Waals surface area contributed by atoms with Crippen molar-refractivity contribution in [2.24, 2.45) is 0 Å². The molecule has 4 heteroatoms. The first-order valence-corrected chi connectivity index (χ1v) is 20.5. The molecule has 0 spiro atoms. The molecule has 4 nitrogen and oxygen atoms in total. The van der Waals surface area contributed by atoms with E-state index in [0.717, 1.165) is 88.7 Å². The molecule has 0 radical (unpaired) electrons. The minimum Gasteiger partial charge on any atom is -0.456 e. The van der Waals surface area contributed by atoms with E-state index >= 15 is 0 Å². The third kappa shape index (κ3) is 6.96. The largest absolute Gasteiger partial charge is 0.456 e. The number of benzene rings is 9. The molecule has 0 bridgehead atoms. The van der Waals surface area contributed by atoms with Crippen molar-refractivity contribution in [3.8, 4) is 89.8 Å². The summed E-state index contributed by atoms with van der Waals surface area (Å²) in [5, 5.41) is 2.22. The van der Waals surface area contributed by atoms with E-state index in [0.29, 0.717) is 17.5 Å². The lowest BCUT2D eigenvalue weighted by atomic mass is 9.84. The second-order valence-electron chi connectivity index (χ2n) is 15.2. The van der Waals surface area contributed by atoms with Gasteiger partial charge in [-0.25, -0.2) is 15.0 Å². The summed E-state index contributed by atoms with van der Waals surface area (Å²) in [6.07, 6.45) is 0. The van der Waals surface area contributed by atoms with Crippen LogP contribution in [0.1, 0.15) is 0 Å². The fourth-order valence-corrected chi connectivity index (χ4v) is 8.32. The molecule has 0 atom stereocenters. The molecule has 2 heterocycles. The van der Waals surface area contributed by atoms with Gasteiger partial charge in [0.2, 0.25) is 0 Å². The van der Waals surface area contributed by atoms with Gasteiger partial charge in [0.25, 0.3) is 0 Å². The summed E-state index contributed by atoms with van der Waals surface area (Å²) in [5.41, 5.74) is 16.0. The number of nitrogens with zero attached hydrogens (tertiary/aromatic N) is 3. The molecule has 0 amide bonds. The van der Waals surface area contributed by atoms with Crippen LogP contribution in [0.15, 0.2) is 229 Å². The van der Waals surface area contributed by atoms with Crippen LogP contribution in [0.3, 0.4) is 0 Å². The van der Waals surface area contributed by atoms with E-state index in [2.05, 4.69) is 152 Å². The third-order valence-electron chi connectivity index (χ3n) is 11.3. The first-order valence-electron chi connectivity index (χ1n) is 20.5. The smallest absolute Gasteiger partial charge is 0.164 e. The highest BCUT2D eigenvalue weighted by atomic mass is 16.3. The molecule has 0 fully saturated rings. The first-order chi connectivity index (χ1) is 30.2. The van der Waals surface area contributed by atoms with Crippen LogP contribution in [0.25, 0.3) is 112 Å². The highest BCUT2D eigenvalue weighted by Crippen LogP contribution is 2.45. The van der Waals surface area contributed by atoms with Gasteiger partial charge in [0, 0.05) is 27.5 Å². The minimum atomic E-state index is 0.632. The predicted molar refractivity (Wildman–Crippen MR) is 251 cm³/mol. The molecule has 0 aliphatic rings. The number of rotatable bonds is 8. The quantitative estimate of drug-likeness (QED) is 0.154. The van der Waals surface area contributed by atoms with Crippen LogP contribution in [-0.2, 0) is 0 Å². The number of furan rings is 1.